The van der Waals surface area contributed by atoms with Gasteiger partial charge in [-0.1, -0.05) is 11.6 Å². The van der Waals surface area contributed by atoms with Crippen molar-refractivity contribution in [2.45, 2.75) is 6.10 Å². The number of carbonyl (C=O) groups excluding carboxylic acids is 1. The summed E-state index contributed by atoms with van der Waals surface area (Å²) in [5.74, 6) is -0.572. The fraction of sp³-hybridized carbons (Fsp3) is 0.286. The summed E-state index contributed by atoms with van der Waals surface area (Å²) in [6.45, 7) is 1.54. The lowest BCUT2D eigenvalue weighted by Gasteiger charge is -2.34. The number of halogens is 3. The number of pyridine rings is 1. The van der Waals surface area contributed by atoms with Crippen LogP contribution < -0.4 is 4.90 Å². The summed E-state index contributed by atoms with van der Waals surface area (Å²) >= 11 is 9.31. The van der Waals surface area contributed by atoms with Gasteiger partial charge in [-0.3, -0.25) is 4.68 Å². The van der Waals surface area contributed by atoms with Crippen LogP contribution in [0.4, 0.5) is 10.2 Å². The van der Waals surface area contributed by atoms with Crippen LogP contribution in [-0.2, 0) is 16.5 Å². The average molecular weight is 510 g/mol. The zero-order valence-corrected chi connectivity index (χ0v) is 19.2. The van der Waals surface area contributed by atoms with E-state index in [4.69, 9.17) is 21.1 Å². The summed E-state index contributed by atoms with van der Waals surface area (Å²) < 4.78 is 27.6. The second-order valence-corrected chi connectivity index (χ2v) is 8.29. The van der Waals surface area contributed by atoms with E-state index >= 15 is 0 Å². The lowest BCUT2D eigenvalue weighted by Crippen LogP contribution is -2.39. The van der Waals surface area contributed by atoms with Crippen LogP contribution in [0.1, 0.15) is 22.0 Å². The van der Waals surface area contributed by atoms with Gasteiger partial charge >= 0.3 is 5.97 Å². The topological polar surface area (TPSA) is 69.5 Å². The normalized spacial score (nSPS) is 16.4. The van der Waals surface area contributed by atoms with Gasteiger partial charge in [0.2, 0.25) is 0 Å². The van der Waals surface area contributed by atoms with E-state index in [0.29, 0.717) is 30.0 Å². The van der Waals surface area contributed by atoms with Crippen LogP contribution in [0.25, 0.3) is 11.3 Å². The molecule has 0 bridgehead atoms. The molecular weight excluding hydrogens is 491 g/mol. The largest absolute Gasteiger partial charge is 0.465 e. The molecule has 1 aliphatic rings. The van der Waals surface area contributed by atoms with Crippen LogP contribution in [-0.4, -0.2) is 47.5 Å². The Morgan fingerprint density at radius 3 is 2.87 bits per heavy atom. The number of anilines is 1. The number of hydrogen-bond acceptors (Lipinski definition) is 6. The molecule has 1 unspecified atom stereocenters. The van der Waals surface area contributed by atoms with Gasteiger partial charge in [0.05, 0.1) is 35.6 Å². The van der Waals surface area contributed by atoms with Gasteiger partial charge in [-0.05, 0) is 40.2 Å². The van der Waals surface area contributed by atoms with Crippen LogP contribution in [0.2, 0.25) is 5.02 Å². The molecule has 2 aromatic heterocycles. The Kier molecular flexibility index (Phi) is 6.27. The number of methoxy groups -OCH3 is 1. The maximum atomic E-state index is 14.7. The zero-order chi connectivity index (χ0) is 22.1. The Labute approximate surface area is 191 Å². The van der Waals surface area contributed by atoms with Gasteiger partial charge < -0.3 is 14.4 Å². The van der Waals surface area contributed by atoms with Crippen molar-refractivity contribution >= 4 is 39.3 Å². The van der Waals surface area contributed by atoms with Crippen molar-refractivity contribution in [2.24, 2.45) is 7.05 Å². The van der Waals surface area contributed by atoms with Gasteiger partial charge in [0, 0.05) is 42.5 Å². The number of nitrogens with zero attached hydrogens (tertiary/aromatic N) is 4. The third-order valence-electron chi connectivity index (χ3n) is 5.02. The van der Waals surface area contributed by atoms with Crippen molar-refractivity contribution in [1.82, 2.24) is 14.8 Å². The van der Waals surface area contributed by atoms with E-state index in [1.165, 1.54) is 19.2 Å². The fourth-order valence-corrected chi connectivity index (χ4v) is 4.20. The molecule has 0 amide bonds. The predicted octanol–water partition coefficient (Wildman–Crippen LogP) is 4.40. The molecule has 1 fully saturated rings. The summed E-state index contributed by atoms with van der Waals surface area (Å²) in [5.41, 5.74) is 1.71. The summed E-state index contributed by atoms with van der Waals surface area (Å²) in [4.78, 5) is 19.1. The monoisotopic (exact) mass is 508 g/mol. The minimum absolute atomic E-state index is 0.204. The van der Waals surface area contributed by atoms with Gasteiger partial charge in [-0.15, -0.1) is 0 Å². The number of esters is 1. The van der Waals surface area contributed by atoms with E-state index < -0.39 is 11.8 Å². The van der Waals surface area contributed by atoms with Crippen LogP contribution in [0.3, 0.4) is 0 Å². The Morgan fingerprint density at radius 2 is 2.19 bits per heavy atom. The Hall–Kier alpha value is -2.49. The minimum atomic E-state index is -0.553. The third-order valence-corrected chi connectivity index (χ3v) is 6.06. The zero-order valence-electron chi connectivity index (χ0n) is 16.8. The van der Waals surface area contributed by atoms with Crippen molar-refractivity contribution in [3.8, 4) is 11.3 Å². The third kappa shape index (κ3) is 4.44. The second-order valence-electron chi connectivity index (χ2n) is 7.06. The molecule has 0 saturated carbocycles. The van der Waals surface area contributed by atoms with Gasteiger partial charge in [-0.25, -0.2) is 14.2 Å². The summed E-state index contributed by atoms with van der Waals surface area (Å²) in [6.07, 6.45) is 3.46. The summed E-state index contributed by atoms with van der Waals surface area (Å²) in [6, 6.07) is 5.96. The summed E-state index contributed by atoms with van der Waals surface area (Å²) in [7, 11) is 3.14. The predicted molar refractivity (Wildman–Crippen MR) is 118 cm³/mol. The smallest absolute Gasteiger partial charge is 0.339 e. The highest BCUT2D eigenvalue weighted by molar-refractivity contribution is 9.10. The maximum Gasteiger partial charge on any atom is 0.339 e. The summed E-state index contributed by atoms with van der Waals surface area (Å²) in [5, 5.41) is 4.48. The lowest BCUT2D eigenvalue weighted by atomic mass is 10.1. The number of aryl methyl sites for hydroxylation is 1. The molecule has 162 valence electrons. The SMILES string of the molecule is COC(=O)c1cc(N2CCOC(c3cnn(C)c3)C2)nc(-c2ccc(Cl)cc2F)c1Br. The Morgan fingerprint density at radius 1 is 1.39 bits per heavy atom. The number of carbonyl (C=O) groups is 1. The van der Waals surface area contributed by atoms with Gasteiger partial charge in [0.15, 0.2) is 0 Å². The van der Waals surface area contributed by atoms with Crippen molar-refractivity contribution in [2.75, 3.05) is 31.7 Å². The number of ether oxygens (including phenoxy) is 2. The molecule has 0 radical (unpaired) electrons. The maximum absolute atomic E-state index is 14.7. The first-order valence-electron chi connectivity index (χ1n) is 9.46. The molecule has 7 nitrogen and oxygen atoms in total. The molecule has 0 aliphatic carbocycles. The van der Waals surface area contributed by atoms with Crippen molar-refractivity contribution in [3.05, 3.63) is 63.1 Å². The van der Waals surface area contributed by atoms with E-state index in [2.05, 4.69) is 26.0 Å². The van der Waals surface area contributed by atoms with E-state index in [0.717, 1.165) is 5.56 Å². The molecular formula is C21H19BrClFN4O3. The molecule has 0 N–H and O–H groups in total. The molecule has 3 heterocycles. The minimum Gasteiger partial charge on any atom is -0.465 e. The van der Waals surface area contributed by atoms with E-state index in [1.807, 2.05) is 18.1 Å². The number of morpholine rings is 1. The molecule has 1 aromatic carbocycles. The highest BCUT2D eigenvalue weighted by atomic mass is 79.9. The first-order valence-corrected chi connectivity index (χ1v) is 10.6. The first-order chi connectivity index (χ1) is 14.9. The van der Waals surface area contributed by atoms with Crippen molar-refractivity contribution in [1.29, 1.82) is 0 Å². The van der Waals surface area contributed by atoms with Crippen molar-refractivity contribution < 1.29 is 18.7 Å². The molecule has 1 atom stereocenters. The van der Waals surface area contributed by atoms with Gasteiger partial charge in [0.25, 0.3) is 0 Å². The Balaban J connectivity index is 1.77. The molecule has 31 heavy (non-hydrogen) atoms. The Bertz CT molecular complexity index is 1140. The average Bonchev–Trinajstić information content (AvgIpc) is 3.20. The van der Waals surface area contributed by atoms with Crippen LogP contribution in [0, 0.1) is 5.82 Å². The molecule has 3 aromatic rings. The van der Waals surface area contributed by atoms with Gasteiger partial charge in [0.1, 0.15) is 17.7 Å². The van der Waals surface area contributed by atoms with E-state index in [9.17, 15) is 9.18 Å². The second kappa shape index (κ2) is 8.94. The highest BCUT2D eigenvalue weighted by Gasteiger charge is 2.27. The molecule has 10 heteroatoms. The standard InChI is InChI=1S/C21H19BrClFN4O3/c1-27-10-12(9-25-27)17-11-28(5-6-31-17)18-8-15(21(29)30-2)19(22)20(26-18)14-4-3-13(23)7-16(14)24/h3-4,7-10,17H,5-6,11H2,1-2H3. The van der Waals surface area contributed by atoms with Gasteiger partial charge in [-0.2, -0.15) is 5.10 Å². The van der Waals surface area contributed by atoms with Crippen LogP contribution in [0.5, 0.6) is 0 Å². The number of benzene rings is 1. The van der Waals surface area contributed by atoms with E-state index in [1.54, 1.807) is 23.0 Å². The quantitative estimate of drug-likeness (QED) is 0.486. The number of hydrogen-bond donors (Lipinski definition) is 0. The fourth-order valence-electron chi connectivity index (χ4n) is 3.46. The highest BCUT2D eigenvalue weighted by Crippen LogP contribution is 2.36. The molecule has 0 spiro atoms. The van der Waals surface area contributed by atoms with Crippen LogP contribution >= 0.6 is 27.5 Å². The molecule has 4 rings (SSSR count). The number of rotatable bonds is 4. The molecule has 1 saturated heterocycles. The lowest BCUT2D eigenvalue weighted by molar-refractivity contribution is 0.0395. The molecule has 1 aliphatic heterocycles. The van der Waals surface area contributed by atoms with E-state index in [-0.39, 0.29) is 27.9 Å². The van der Waals surface area contributed by atoms with Crippen molar-refractivity contribution in [3.63, 3.8) is 0 Å². The number of aromatic nitrogens is 3. The van der Waals surface area contributed by atoms with Crippen LogP contribution in [0.15, 0.2) is 41.1 Å². The first kappa shape index (κ1) is 21.7.